The fraction of sp³-hybridized carbons (Fsp3) is 0.500. The molecule has 0 spiro atoms. The van der Waals surface area contributed by atoms with Crippen molar-refractivity contribution in [2.75, 3.05) is 60.5 Å². The summed E-state index contributed by atoms with van der Waals surface area (Å²) < 4.78 is 24.5. The predicted octanol–water partition coefficient (Wildman–Crippen LogP) is 2.88. The van der Waals surface area contributed by atoms with E-state index in [1.54, 1.807) is 13.3 Å². The first-order chi connectivity index (χ1) is 14.6. The minimum absolute atomic E-state index is 0. The molecular formula is C22H33FIN5O2. The third-order valence-electron chi connectivity index (χ3n) is 5.39. The Hall–Kier alpha value is -1.69. The van der Waals surface area contributed by atoms with Gasteiger partial charge < -0.3 is 19.8 Å². The fourth-order valence-electron chi connectivity index (χ4n) is 3.66. The standard InChI is InChI=1S/C22H32FN5O2.HI/c1-24-22(26-16-20(27(2)3)21-5-4-12-30-21)25-15-19(28-10-13-29-14-11-28)17-6-8-18(23)9-7-17;/h4-9,12,19-20H,10-11,13-16H2,1-3H3,(H2,24,25,26);1H. The van der Waals surface area contributed by atoms with Crippen molar-refractivity contribution in [3.63, 3.8) is 0 Å². The number of likely N-dealkylation sites (N-methyl/N-ethyl adjacent to an activating group) is 1. The molecule has 2 unspecified atom stereocenters. The van der Waals surface area contributed by atoms with E-state index >= 15 is 0 Å². The fourth-order valence-corrected chi connectivity index (χ4v) is 3.66. The Morgan fingerprint density at radius 3 is 2.39 bits per heavy atom. The normalized spacial score (nSPS) is 17.1. The Kier molecular flexibility index (Phi) is 10.7. The van der Waals surface area contributed by atoms with Crippen molar-refractivity contribution in [1.82, 2.24) is 20.4 Å². The van der Waals surface area contributed by atoms with E-state index in [-0.39, 0.29) is 41.9 Å². The van der Waals surface area contributed by atoms with Crippen LogP contribution in [0.15, 0.2) is 52.1 Å². The van der Waals surface area contributed by atoms with Gasteiger partial charge in [-0.2, -0.15) is 0 Å². The minimum Gasteiger partial charge on any atom is -0.468 e. The molecule has 1 fully saturated rings. The van der Waals surface area contributed by atoms with Gasteiger partial charge in [-0.25, -0.2) is 4.39 Å². The van der Waals surface area contributed by atoms with Crippen LogP contribution in [0, 0.1) is 5.82 Å². The van der Waals surface area contributed by atoms with Crippen LogP contribution in [-0.2, 0) is 4.74 Å². The summed E-state index contributed by atoms with van der Waals surface area (Å²) in [6.07, 6.45) is 1.69. The van der Waals surface area contributed by atoms with Crippen molar-refractivity contribution >= 4 is 29.9 Å². The molecule has 3 rings (SSSR count). The van der Waals surface area contributed by atoms with E-state index in [0.29, 0.717) is 32.3 Å². The molecule has 7 nitrogen and oxygen atoms in total. The number of benzene rings is 1. The van der Waals surface area contributed by atoms with Crippen LogP contribution < -0.4 is 10.6 Å². The zero-order valence-corrected chi connectivity index (χ0v) is 20.7. The van der Waals surface area contributed by atoms with Gasteiger partial charge in [0.15, 0.2) is 5.96 Å². The van der Waals surface area contributed by atoms with Gasteiger partial charge in [0, 0.05) is 33.2 Å². The maximum Gasteiger partial charge on any atom is 0.191 e. The molecule has 0 saturated carbocycles. The van der Waals surface area contributed by atoms with Gasteiger partial charge in [-0.1, -0.05) is 12.1 Å². The van der Waals surface area contributed by atoms with Gasteiger partial charge in [-0.15, -0.1) is 24.0 Å². The van der Waals surface area contributed by atoms with Crippen LogP contribution in [0.25, 0.3) is 0 Å². The number of rotatable bonds is 8. The molecule has 0 amide bonds. The van der Waals surface area contributed by atoms with Crippen molar-refractivity contribution < 1.29 is 13.5 Å². The average Bonchev–Trinajstić information content (AvgIpc) is 3.28. The summed E-state index contributed by atoms with van der Waals surface area (Å²) in [4.78, 5) is 8.84. The lowest BCUT2D eigenvalue weighted by atomic mass is 10.0. The van der Waals surface area contributed by atoms with Gasteiger partial charge in [0.25, 0.3) is 0 Å². The van der Waals surface area contributed by atoms with E-state index in [1.807, 2.05) is 38.4 Å². The SMILES string of the molecule is CN=C(NCC(c1ccco1)N(C)C)NCC(c1ccc(F)cc1)N1CCOCC1.I. The Bertz CT molecular complexity index is 780. The molecule has 0 radical (unpaired) electrons. The number of morpholine rings is 1. The molecule has 1 aromatic heterocycles. The first kappa shape index (κ1) is 25.6. The van der Waals surface area contributed by atoms with E-state index in [9.17, 15) is 4.39 Å². The van der Waals surface area contributed by atoms with Gasteiger partial charge in [0.05, 0.1) is 31.6 Å². The second kappa shape index (κ2) is 13.0. The molecule has 2 atom stereocenters. The molecule has 172 valence electrons. The first-order valence-electron chi connectivity index (χ1n) is 10.3. The Morgan fingerprint density at radius 2 is 1.81 bits per heavy atom. The zero-order valence-electron chi connectivity index (χ0n) is 18.4. The lowest BCUT2D eigenvalue weighted by Gasteiger charge is -2.35. The zero-order chi connectivity index (χ0) is 21.3. The topological polar surface area (TPSA) is 65.3 Å². The van der Waals surface area contributed by atoms with Crippen molar-refractivity contribution in [3.8, 4) is 0 Å². The molecule has 2 aromatic rings. The van der Waals surface area contributed by atoms with Gasteiger partial charge >= 0.3 is 0 Å². The second-order valence-corrected chi connectivity index (χ2v) is 7.54. The molecule has 1 aliphatic heterocycles. The Labute approximate surface area is 201 Å². The summed E-state index contributed by atoms with van der Waals surface area (Å²) in [6.45, 7) is 4.40. The van der Waals surface area contributed by atoms with E-state index in [4.69, 9.17) is 9.15 Å². The van der Waals surface area contributed by atoms with Crippen molar-refractivity contribution in [3.05, 3.63) is 59.8 Å². The van der Waals surface area contributed by atoms with Crippen LogP contribution in [0.5, 0.6) is 0 Å². The summed E-state index contributed by atoms with van der Waals surface area (Å²) in [7, 11) is 5.80. The number of hydrogen-bond acceptors (Lipinski definition) is 5. The highest BCUT2D eigenvalue weighted by molar-refractivity contribution is 14.0. The van der Waals surface area contributed by atoms with Gasteiger partial charge in [-0.3, -0.25) is 14.8 Å². The minimum atomic E-state index is -0.224. The quantitative estimate of drug-likeness (QED) is 0.302. The molecule has 1 saturated heterocycles. The number of furan rings is 1. The van der Waals surface area contributed by atoms with Crippen LogP contribution in [0.1, 0.15) is 23.4 Å². The summed E-state index contributed by atoms with van der Waals surface area (Å²) in [6, 6.07) is 10.8. The third kappa shape index (κ3) is 7.44. The lowest BCUT2D eigenvalue weighted by Crippen LogP contribution is -2.47. The molecule has 31 heavy (non-hydrogen) atoms. The van der Waals surface area contributed by atoms with Gasteiger partial charge in [0.2, 0.25) is 0 Å². The van der Waals surface area contributed by atoms with Crippen molar-refractivity contribution in [2.24, 2.45) is 4.99 Å². The van der Waals surface area contributed by atoms with Crippen LogP contribution >= 0.6 is 24.0 Å². The smallest absolute Gasteiger partial charge is 0.191 e. The number of nitrogens with one attached hydrogen (secondary N) is 2. The Morgan fingerprint density at radius 1 is 1.13 bits per heavy atom. The molecule has 1 aromatic carbocycles. The van der Waals surface area contributed by atoms with Gasteiger partial charge in [-0.05, 0) is 43.9 Å². The predicted molar refractivity (Wildman–Crippen MR) is 131 cm³/mol. The number of hydrogen-bond donors (Lipinski definition) is 2. The third-order valence-corrected chi connectivity index (χ3v) is 5.39. The highest BCUT2D eigenvalue weighted by atomic mass is 127. The summed E-state index contributed by atoms with van der Waals surface area (Å²) >= 11 is 0. The lowest BCUT2D eigenvalue weighted by molar-refractivity contribution is 0.0170. The molecular weight excluding hydrogens is 512 g/mol. The van der Waals surface area contributed by atoms with Crippen molar-refractivity contribution in [2.45, 2.75) is 12.1 Å². The number of guanidine groups is 1. The number of ether oxygens (including phenoxy) is 1. The molecule has 2 heterocycles. The molecule has 9 heteroatoms. The maximum absolute atomic E-state index is 13.4. The maximum atomic E-state index is 13.4. The van der Waals surface area contributed by atoms with E-state index in [2.05, 4.69) is 25.4 Å². The van der Waals surface area contributed by atoms with E-state index < -0.39 is 0 Å². The van der Waals surface area contributed by atoms with Crippen LogP contribution in [-0.4, -0.2) is 76.3 Å². The van der Waals surface area contributed by atoms with Crippen molar-refractivity contribution in [1.29, 1.82) is 0 Å². The average molecular weight is 545 g/mol. The second-order valence-electron chi connectivity index (χ2n) is 7.54. The van der Waals surface area contributed by atoms with E-state index in [0.717, 1.165) is 24.4 Å². The van der Waals surface area contributed by atoms with E-state index in [1.165, 1.54) is 12.1 Å². The number of aliphatic imine (C=N–C) groups is 1. The first-order valence-corrected chi connectivity index (χ1v) is 10.3. The summed E-state index contributed by atoms with van der Waals surface area (Å²) in [5, 5.41) is 6.83. The highest BCUT2D eigenvalue weighted by Crippen LogP contribution is 2.22. The summed E-state index contributed by atoms with van der Waals surface area (Å²) in [5.74, 6) is 1.40. The molecule has 1 aliphatic rings. The van der Waals surface area contributed by atoms with Crippen LogP contribution in [0.2, 0.25) is 0 Å². The highest BCUT2D eigenvalue weighted by Gasteiger charge is 2.23. The van der Waals surface area contributed by atoms with Crippen LogP contribution in [0.4, 0.5) is 4.39 Å². The molecule has 0 aliphatic carbocycles. The Balaban J connectivity index is 0.00000341. The summed E-state index contributed by atoms with van der Waals surface area (Å²) in [5.41, 5.74) is 1.07. The monoisotopic (exact) mass is 545 g/mol. The molecule has 0 bridgehead atoms. The van der Waals surface area contributed by atoms with Gasteiger partial charge in [0.1, 0.15) is 11.6 Å². The molecule has 2 N–H and O–H groups in total. The number of nitrogens with zero attached hydrogens (tertiary/aromatic N) is 3. The van der Waals surface area contributed by atoms with Crippen LogP contribution in [0.3, 0.4) is 0 Å². The largest absolute Gasteiger partial charge is 0.468 e. The number of halogens is 2.